The van der Waals surface area contributed by atoms with E-state index in [4.69, 9.17) is 4.74 Å². The van der Waals surface area contributed by atoms with Gasteiger partial charge in [0.25, 0.3) is 0 Å². The number of hydrogen-bond acceptors (Lipinski definition) is 4. The highest BCUT2D eigenvalue weighted by Gasteiger charge is 2.51. The molecule has 1 spiro atoms. The molecule has 0 aromatic heterocycles. The Hall–Kier alpha value is -1.52. The van der Waals surface area contributed by atoms with Crippen molar-refractivity contribution in [1.82, 2.24) is 5.32 Å². The number of aromatic hydroxyl groups is 1. The molecular weight excluding hydrogens is 242 g/mol. The van der Waals surface area contributed by atoms with E-state index in [1.165, 1.54) is 5.56 Å². The average molecular weight is 259 g/mol. The molecular formula is C15H17NO3. The van der Waals surface area contributed by atoms with Gasteiger partial charge in [-0.3, -0.25) is 0 Å². The molecule has 1 aromatic carbocycles. The van der Waals surface area contributed by atoms with E-state index >= 15 is 0 Å². The van der Waals surface area contributed by atoms with Crippen LogP contribution in [-0.2, 0) is 12.0 Å². The van der Waals surface area contributed by atoms with Crippen molar-refractivity contribution >= 4 is 0 Å². The summed E-state index contributed by atoms with van der Waals surface area (Å²) in [7, 11) is 0. The first kappa shape index (κ1) is 11.3. The Morgan fingerprint density at radius 2 is 2.26 bits per heavy atom. The second kappa shape index (κ2) is 3.74. The Kier molecular flexibility index (Phi) is 2.23. The Bertz CT molecular complexity index is 569. The number of phenols is 1. The van der Waals surface area contributed by atoms with Crippen LogP contribution < -0.4 is 10.1 Å². The largest absolute Gasteiger partial charge is 0.504 e. The lowest BCUT2D eigenvalue weighted by molar-refractivity contribution is 0.0852. The van der Waals surface area contributed by atoms with Gasteiger partial charge >= 0.3 is 0 Å². The lowest BCUT2D eigenvalue weighted by atomic mass is 9.69. The predicted molar refractivity (Wildman–Crippen MR) is 70.3 cm³/mol. The van der Waals surface area contributed by atoms with Gasteiger partial charge in [-0.15, -0.1) is 0 Å². The summed E-state index contributed by atoms with van der Waals surface area (Å²) in [5.41, 5.74) is 2.12. The molecule has 4 nitrogen and oxygen atoms in total. The van der Waals surface area contributed by atoms with Crippen molar-refractivity contribution in [2.45, 2.75) is 37.0 Å². The zero-order chi connectivity index (χ0) is 13.0. The van der Waals surface area contributed by atoms with Gasteiger partial charge in [-0.25, -0.2) is 0 Å². The molecule has 4 rings (SSSR count). The highest BCUT2D eigenvalue weighted by molar-refractivity contribution is 5.60. The van der Waals surface area contributed by atoms with Gasteiger partial charge < -0.3 is 20.3 Å². The first-order valence-electron chi connectivity index (χ1n) is 6.81. The molecule has 2 heterocycles. The van der Waals surface area contributed by atoms with Crippen molar-refractivity contribution in [2.75, 3.05) is 6.54 Å². The average Bonchev–Trinajstić information content (AvgIpc) is 2.61. The van der Waals surface area contributed by atoms with Gasteiger partial charge in [0.1, 0.15) is 6.10 Å². The lowest BCUT2D eigenvalue weighted by Crippen LogP contribution is -2.42. The predicted octanol–water partition coefficient (Wildman–Crippen LogP) is 1.21. The second-order valence-corrected chi connectivity index (χ2v) is 5.68. The number of rotatable bonds is 0. The molecule has 0 saturated heterocycles. The van der Waals surface area contributed by atoms with Gasteiger partial charge in [0.2, 0.25) is 0 Å². The van der Waals surface area contributed by atoms with Gasteiger partial charge in [0.15, 0.2) is 11.5 Å². The summed E-state index contributed by atoms with van der Waals surface area (Å²) in [5, 5.41) is 23.3. The van der Waals surface area contributed by atoms with E-state index in [1.54, 1.807) is 6.07 Å². The number of aliphatic hydroxyl groups is 1. The fourth-order valence-corrected chi connectivity index (χ4v) is 3.72. The van der Waals surface area contributed by atoms with Gasteiger partial charge in [-0.05, 0) is 24.6 Å². The Balaban J connectivity index is 1.98. The molecule has 100 valence electrons. The molecule has 2 aliphatic heterocycles. The Morgan fingerprint density at radius 1 is 1.37 bits per heavy atom. The maximum absolute atomic E-state index is 10.1. The van der Waals surface area contributed by atoms with Crippen molar-refractivity contribution in [2.24, 2.45) is 0 Å². The minimum absolute atomic E-state index is 0.0746. The SMILES string of the molecule is Oc1ccc2c3c1OC1CC(O)C=CC31CCNC2. The fraction of sp³-hybridized carbons (Fsp3) is 0.467. The summed E-state index contributed by atoms with van der Waals surface area (Å²) in [5.74, 6) is 0.822. The summed E-state index contributed by atoms with van der Waals surface area (Å²) in [4.78, 5) is 0. The van der Waals surface area contributed by atoms with E-state index in [0.717, 1.165) is 25.1 Å². The van der Waals surface area contributed by atoms with Crippen LogP contribution in [0.3, 0.4) is 0 Å². The molecule has 1 aliphatic carbocycles. The van der Waals surface area contributed by atoms with Crippen LogP contribution in [0.1, 0.15) is 24.0 Å². The van der Waals surface area contributed by atoms with Gasteiger partial charge in [-0.2, -0.15) is 0 Å². The number of aliphatic hydroxyl groups excluding tert-OH is 1. The van der Waals surface area contributed by atoms with Crippen molar-refractivity contribution in [3.8, 4) is 11.5 Å². The van der Waals surface area contributed by atoms with Crippen LogP contribution in [0.2, 0.25) is 0 Å². The van der Waals surface area contributed by atoms with E-state index in [0.29, 0.717) is 12.2 Å². The fourth-order valence-electron chi connectivity index (χ4n) is 3.72. The van der Waals surface area contributed by atoms with Crippen LogP contribution in [0.5, 0.6) is 11.5 Å². The van der Waals surface area contributed by atoms with E-state index in [2.05, 4.69) is 11.4 Å². The minimum Gasteiger partial charge on any atom is -0.504 e. The van der Waals surface area contributed by atoms with E-state index in [-0.39, 0.29) is 17.3 Å². The molecule has 0 radical (unpaired) electrons. The van der Waals surface area contributed by atoms with Gasteiger partial charge in [-0.1, -0.05) is 18.2 Å². The standard InChI is InChI=1S/C15H17NO3/c17-10-3-4-15-5-6-16-8-9-1-2-11(18)14(13(9)15)19-12(15)7-10/h1-4,10,12,16-18H,5-8H2. The number of hydrogen-bond donors (Lipinski definition) is 3. The first-order chi connectivity index (χ1) is 9.21. The van der Waals surface area contributed by atoms with Crippen LogP contribution in [0.25, 0.3) is 0 Å². The smallest absolute Gasteiger partial charge is 0.165 e. The summed E-state index contributed by atoms with van der Waals surface area (Å²) in [6.45, 7) is 1.71. The molecule has 0 fully saturated rings. The van der Waals surface area contributed by atoms with Gasteiger partial charge in [0.05, 0.1) is 11.5 Å². The molecule has 19 heavy (non-hydrogen) atoms. The molecule has 3 N–H and O–H groups in total. The van der Waals surface area contributed by atoms with Crippen LogP contribution in [0.4, 0.5) is 0 Å². The normalized spacial score (nSPS) is 35.2. The van der Waals surface area contributed by atoms with E-state index < -0.39 is 6.10 Å². The molecule has 0 amide bonds. The van der Waals surface area contributed by atoms with Crippen molar-refractivity contribution in [1.29, 1.82) is 0 Å². The summed E-state index contributed by atoms with van der Waals surface area (Å²) >= 11 is 0. The number of ether oxygens (including phenoxy) is 1. The maximum atomic E-state index is 10.1. The second-order valence-electron chi connectivity index (χ2n) is 5.68. The summed E-state index contributed by atoms with van der Waals surface area (Å²) in [6.07, 6.45) is 4.96. The number of nitrogens with one attached hydrogen (secondary N) is 1. The summed E-state index contributed by atoms with van der Waals surface area (Å²) < 4.78 is 5.99. The van der Waals surface area contributed by atoms with Crippen molar-refractivity contribution in [3.05, 3.63) is 35.4 Å². The third-order valence-corrected chi connectivity index (χ3v) is 4.63. The number of phenolic OH excluding ortho intramolecular Hbond substituents is 1. The van der Waals surface area contributed by atoms with E-state index in [9.17, 15) is 10.2 Å². The third-order valence-electron chi connectivity index (χ3n) is 4.63. The molecule has 4 heteroatoms. The van der Waals surface area contributed by atoms with Crippen LogP contribution in [0.15, 0.2) is 24.3 Å². The lowest BCUT2D eigenvalue weighted by Gasteiger charge is -2.35. The highest BCUT2D eigenvalue weighted by atomic mass is 16.5. The molecule has 3 atom stereocenters. The molecule has 0 bridgehead atoms. The Morgan fingerprint density at radius 3 is 3.16 bits per heavy atom. The molecule has 1 aromatic rings. The van der Waals surface area contributed by atoms with Crippen molar-refractivity contribution in [3.63, 3.8) is 0 Å². The topological polar surface area (TPSA) is 61.7 Å². The first-order valence-corrected chi connectivity index (χ1v) is 6.81. The Labute approximate surface area is 111 Å². The maximum Gasteiger partial charge on any atom is 0.165 e. The molecule has 0 saturated carbocycles. The zero-order valence-corrected chi connectivity index (χ0v) is 10.6. The third kappa shape index (κ3) is 1.41. The minimum atomic E-state index is -0.452. The van der Waals surface area contributed by atoms with Crippen molar-refractivity contribution < 1.29 is 14.9 Å². The highest BCUT2D eigenvalue weighted by Crippen LogP contribution is 2.54. The number of benzene rings is 1. The zero-order valence-electron chi connectivity index (χ0n) is 10.6. The monoisotopic (exact) mass is 259 g/mol. The van der Waals surface area contributed by atoms with Crippen LogP contribution in [-0.4, -0.2) is 29.0 Å². The van der Waals surface area contributed by atoms with Crippen LogP contribution in [0, 0.1) is 0 Å². The molecule has 3 aliphatic rings. The molecule has 3 unspecified atom stereocenters. The van der Waals surface area contributed by atoms with Gasteiger partial charge in [0, 0.05) is 18.5 Å². The van der Waals surface area contributed by atoms with E-state index in [1.807, 2.05) is 12.1 Å². The van der Waals surface area contributed by atoms with Crippen LogP contribution >= 0.6 is 0 Å². The summed E-state index contributed by atoms with van der Waals surface area (Å²) in [6, 6.07) is 3.67. The quantitative estimate of drug-likeness (QED) is 0.613.